The van der Waals surface area contributed by atoms with Crippen LogP contribution < -0.4 is 10.5 Å². The van der Waals surface area contributed by atoms with Crippen LogP contribution in [0.4, 0.5) is 10.1 Å². The smallest absolute Gasteiger partial charge is 0.266 e. The first-order valence-corrected chi connectivity index (χ1v) is 8.49. The van der Waals surface area contributed by atoms with Gasteiger partial charge in [-0.1, -0.05) is 21.9 Å². The maximum Gasteiger partial charge on any atom is 0.266 e. The van der Waals surface area contributed by atoms with Crippen molar-refractivity contribution in [2.75, 3.05) is 25.1 Å². The van der Waals surface area contributed by atoms with Gasteiger partial charge in [-0.25, -0.2) is 4.39 Å². The lowest BCUT2D eigenvalue weighted by Gasteiger charge is -2.40. The molecule has 0 radical (unpaired) electrons. The Bertz CT molecular complexity index is 892. The van der Waals surface area contributed by atoms with E-state index in [4.69, 9.17) is 11.2 Å². The zero-order valence-electron chi connectivity index (χ0n) is 13.6. The Hall–Kier alpha value is -1.84. The van der Waals surface area contributed by atoms with E-state index < -0.39 is 11.4 Å². The minimum absolute atomic E-state index is 0.178. The fourth-order valence-electron chi connectivity index (χ4n) is 3.18. The van der Waals surface area contributed by atoms with Crippen molar-refractivity contribution >= 4 is 32.5 Å². The average molecular weight is 393 g/mol. The predicted molar refractivity (Wildman–Crippen MR) is 97.0 cm³/mol. The number of piperidine rings is 1. The van der Waals surface area contributed by atoms with Crippen molar-refractivity contribution in [1.82, 2.24) is 4.98 Å². The number of H-pyrrole nitrogens is 1. The Balaban J connectivity index is 2.20. The zero-order chi connectivity index (χ0) is 17.5. The van der Waals surface area contributed by atoms with Crippen LogP contribution in [0, 0.1) is 18.2 Å². The van der Waals surface area contributed by atoms with Gasteiger partial charge in [0.05, 0.1) is 16.8 Å². The zero-order valence-corrected chi connectivity index (χ0v) is 15.2. The number of methoxy groups -OCH3 is 1. The van der Waals surface area contributed by atoms with E-state index in [9.17, 15) is 9.18 Å². The lowest BCUT2D eigenvalue weighted by atomic mass is 9.92. The van der Waals surface area contributed by atoms with Crippen LogP contribution in [0.1, 0.15) is 25.3 Å². The summed E-state index contributed by atoms with van der Waals surface area (Å²) in [7, 11) is 1.71. The molecule has 0 saturated carbocycles. The second-order valence-electron chi connectivity index (χ2n) is 6.27. The summed E-state index contributed by atoms with van der Waals surface area (Å²) in [5, 5.41) is 0.607. The first-order chi connectivity index (χ1) is 11.4. The molecule has 0 amide bonds. The van der Waals surface area contributed by atoms with Gasteiger partial charge in [0.25, 0.3) is 5.56 Å². The second kappa shape index (κ2) is 6.23. The Labute approximate surface area is 148 Å². The van der Waals surface area contributed by atoms with Crippen molar-refractivity contribution in [3.63, 3.8) is 0 Å². The van der Waals surface area contributed by atoms with Crippen LogP contribution in [-0.2, 0) is 4.74 Å². The second-order valence-corrected chi connectivity index (χ2v) is 7.19. The number of fused-ring (bicyclic) bond motifs is 1. The van der Waals surface area contributed by atoms with E-state index in [0.717, 1.165) is 12.8 Å². The van der Waals surface area contributed by atoms with E-state index in [1.807, 2.05) is 0 Å². The van der Waals surface area contributed by atoms with Gasteiger partial charge >= 0.3 is 0 Å². The molecule has 1 aliphatic heterocycles. The maximum absolute atomic E-state index is 14.3. The lowest BCUT2D eigenvalue weighted by molar-refractivity contribution is -0.0132. The number of benzene rings is 1. The van der Waals surface area contributed by atoms with Gasteiger partial charge in [0, 0.05) is 30.1 Å². The van der Waals surface area contributed by atoms with Gasteiger partial charge in [0.1, 0.15) is 11.4 Å². The van der Waals surface area contributed by atoms with Crippen LogP contribution in [0.15, 0.2) is 21.4 Å². The number of hydrogen-bond donors (Lipinski definition) is 1. The molecular formula is C18H18BrFN2O2. The molecule has 2 aromatic rings. The number of halogens is 2. The molecule has 0 bridgehead atoms. The Morgan fingerprint density at radius 1 is 1.42 bits per heavy atom. The Kier molecular flexibility index (Phi) is 4.41. The summed E-state index contributed by atoms with van der Waals surface area (Å²) in [5.41, 5.74) is 0.407. The monoisotopic (exact) mass is 392 g/mol. The van der Waals surface area contributed by atoms with Gasteiger partial charge in [0.2, 0.25) is 0 Å². The quantitative estimate of drug-likeness (QED) is 0.796. The normalized spacial score (nSPS) is 17.0. The molecule has 1 aliphatic rings. The molecule has 4 nitrogen and oxygen atoms in total. The third-order valence-electron chi connectivity index (χ3n) is 4.79. The van der Waals surface area contributed by atoms with Gasteiger partial charge in [-0.3, -0.25) is 4.79 Å². The Morgan fingerprint density at radius 2 is 2.08 bits per heavy atom. The average Bonchev–Trinajstić information content (AvgIpc) is 2.55. The summed E-state index contributed by atoms with van der Waals surface area (Å²) in [5.74, 6) is 1.99. The standard InChI is InChI=1S/C18H18BrFN2O2/c1-4-12-16(22-7-5-18(2,24-3)6-8-22)13-9-11(19)10-14(20)15(13)21-17(12)23/h1,9-10H,5-8H2,2-3H3,(H,21,23). The summed E-state index contributed by atoms with van der Waals surface area (Å²) in [6.07, 6.45) is 7.19. The summed E-state index contributed by atoms with van der Waals surface area (Å²) >= 11 is 3.31. The van der Waals surface area contributed by atoms with Crippen LogP contribution in [0.5, 0.6) is 0 Å². The van der Waals surface area contributed by atoms with Crippen LogP contribution in [0.2, 0.25) is 0 Å². The van der Waals surface area contributed by atoms with Crippen LogP contribution >= 0.6 is 15.9 Å². The molecule has 1 aromatic carbocycles. The van der Waals surface area contributed by atoms with E-state index in [-0.39, 0.29) is 16.7 Å². The van der Waals surface area contributed by atoms with Gasteiger partial charge in [0.15, 0.2) is 0 Å². The van der Waals surface area contributed by atoms with Crippen molar-refractivity contribution in [1.29, 1.82) is 0 Å². The summed E-state index contributed by atoms with van der Waals surface area (Å²) < 4.78 is 20.5. The van der Waals surface area contributed by atoms with Crippen LogP contribution in [0.3, 0.4) is 0 Å². The molecule has 1 aromatic heterocycles. The van der Waals surface area contributed by atoms with E-state index in [2.05, 4.69) is 38.7 Å². The highest BCUT2D eigenvalue weighted by Crippen LogP contribution is 2.35. The lowest BCUT2D eigenvalue weighted by Crippen LogP contribution is -2.44. The van der Waals surface area contributed by atoms with Crippen molar-refractivity contribution in [3.05, 3.63) is 38.3 Å². The molecule has 1 fully saturated rings. The number of hydrogen-bond acceptors (Lipinski definition) is 3. The summed E-state index contributed by atoms with van der Waals surface area (Å²) in [4.78, 5) is 16.9. The van der Waals surface area contributed by atoms with Gasteiger partial charge in [-0.15, -0.1) is 6.42 Å². The third kappa shape index (κ3) is 2.83. The van der Waals surface area contributed by atoms with Crippen molar-refractivity contribution in [3.8, 4) is 12.3 Å². The number of nitrogens with zero attached hydrogens (tertiary/aromatic N) is 1. The number of ether oxygens (including phenoxy) is 1. The minimum Gasteiger partial charge on any atom is -0.378 e. The molecule has 0 spiro atoms. The fraction of sp³-hybridized carbons (Fsp3) is 0.389. The molecule has 2 heterocycles. The minimum atomic E-state index is -0.486. The molecule has 6 heteroatoms. The van der Waals surface area contributed by atoms with Crippen LogP contribution in [0.25, 0.3) is 10.9 Å². The van der Waals surface area contributed by atoms with E-state index in [1.54, 1.807) is 13.2 Å². The maximum atomic E-state index is 14.3. The largest absolute Gasteiger partial charge is 0.378 e. The summed E-state index contributed by atoms with van der Waals surface area (Å²) in [6.45, 7) is 3.44. The first kappa shape index (κ1) is 17.0. The highest BCUT2D eigenvalue weighted by Gasteiger charge is 2.31. The number of rotatable bonds is 2. The first-order valence-electron chi connectivity index (χ1n) is 7.70. The van der Waals surface area contributed by atoms with Gasteiger partial charge in [-0.05, 0) is 31.9 Å². The number of anilines is 1. The highest BCUT2D eigenvalue weighted by atomic mass is 79.9. The molecule has 1 saturated heterocycles. The molecule has 3 rings (SSSR count). The number of nitrogens with one attached hydrogen (secondary N) is 1. The molecule has 0 aliphatic carbocycles. The van der Waals surface area contributed by atoms with Crippen molar-refractivity contribution < 1.29 is 9.13 Å². The van der Waals surface area contributed by atoms with Gasteiger partial charge in [-0.2, -0.15) is 0 Å². The van der Waals surface area contributed by atoms with E-state index in [1.165, 1.54) is 6.07 Å². The van der Waals surface area contributed by atoms with Crippen LogP contribution in [-0.4, -0.2) is 30.8 Å². The fourth-order valence-corrected chi connectivity index (χ4v) is 3.61. The number of pyridine rings is 1. The van der Waals surface area contributed by atoms with Crippen molar-refractivity contribution in [2.45, 2.75) is 25.4 Å². The number of aromatic amines is 1. The number of aromatic nitrogens is 1. The predicted octanol–water partition coefficient (Wildman–Crippen LogP) is 3.42. The third-order valence-corrected chi connectivity index (χ3v) is 5.24. The van der Waals surface area contributed by atoms with Crippen molar-refractivity contribution in [2.24, 2.45) is 0 Å². The molecule has 0 unspecified atom stereocenters. The summed E-state index contributed by atoms with van der Waals surface area (Å²) in [6, 6.07) is 3.12. The molecule has 24 heavy (non-hydrogen) atoms. The molecule has 1 N–H and O–H groups in total. The molecule has 126 valence electrons. The topological polar surface area (TPSA) is 45.3 Å². The van der Waals surface area contributed by atoms with Gasteiger partial charge < -0.3 is 14.6 Å². The Morgan fingerprint density at radius 3 is 2.67 bits per heavy atom. The molecular weight excluding hydrogens is 375 g/mol. The number of terminal acetylenes is 1. The van der Waals surface area contributed by atoms with E-state index >= 15 is 0 Å². The molecule has 0 atom stereocenters. The highest BCUT2D eigenvalue weighted by molar-refractivity contribution is 9.10. The SMILES string of the molecule is C#Cc1c(N2CCC(C)(OC)CC2)c2cc(Br)cc(F)c2[nH]c1=O. The van der Waals surface area contributed by atoms with E-state index in [0.29, 0.717) is 28.6 Å².